The van der Waals surface area contributed by atoms with Crippen LogP contribution in [0.15, 0.2) is 22.1 Å². The number of hydrogen-bond acceptors (Lipinski definition) is 6. The van der Waals surface area contributed by atoms with Crippen LogP contribution in [-0.4, -0.2) is 36.4 Å². The van der Waals surface area contributed by atoms with Gasteiger partial charge in [0, 0.05) is 11.9 Å². The molecule has 10 heteroatoms. The predicted molar refractivity (Wildman–Crippen MR) is 110 cm³/mol. The lowest BCUT2D eigenvalue weighted by molar-refractivity contribution is -0.120. The van der Waals surface area contributed by atoms with E-state index in [1.807, 2.05) is 0 Å². The minimum absolute atomic E-state index is 0. The number of nitrogens with one attached hydrogen (secondary N) is 3. The molecule has 0 bridgehead atoms. The molecule has 0 radical (unpaired) electrons. The Kier molecular flexibility index (Phi) is 9.79. The van der Waals surface area contributed by atoms with E-state index in [-0.39, 0.29) is 43.0 Å². The van der Waals surface area contributed by atoms with Gasteiger partial charge in [0.2, 0.25) is 5.91 Å². The zero-order chi connectivity index (χ0) is 17.6. The lowest BCUT2D eigenvalue weighted by atomic mass is 10.1. The number of anilines is 1. The topological polar surface area (TPSA) is 96.3 Å². The molecule has 1 unspecified atom stereocenters. The van der Waals surface area contributed by atoms with E-state index in [1.54, 1.807) is 18.4 Å². The van der Waals surface area contributed by atoms with E-state index < -0.39 is 0 Å². The van der Waals surface area contributed by atoms with Gasteiger partial charge in [-0.05, 0) is 44.8 Å². The summed E-state index contributed by atoms with van der Waals surface area (Å²) in [5.41, 5.74) is 1.14. The van der Waals surface area contributed by atoms with Crippen molar-refractivity contribution in [2.45, 2.75) is 26.2 Å². The van der Waals surface area contributed by atoms with E-state index in [0.717, 1.165) is 19.5 Å². The van der Waals surface area contributed by atoms with E-state index >= 15 is 0 Å². The number of aryl methyl sites for hydroxylation is 1. The van der Waals surface area contributed by atoms with Crippen LogP contribution in [0, 0.1) is 12.8 Å². The summed E-state index contributed by atoms with van der Waals surface area (Å²) in [6.45, 7) is 4.54. The first-order valence-electron chi connectivity index (χ1n) is 8.39. The number of furan rings is 1. The van der Waals surface area contributed by atoms with Crippen molar-refractivity contribution in [2.75, 3.05) is 25.0 Å². The van der Waals surface area contributed by atoms with Gasteiger partial charge in [-0.3, -0.25) is 14.9 Å². The summed E-state index contributed by atoms with van der Waals surface area (Å²) in [6.07, 6.45) is 3.88. The third kappa shape index (κ3) is 6.80. The lowest BCUT2D eigenvalue weighted by Gasteiger charge is -2.08. The van der Waals surface area contributed by atoms with Crippen molar-refractivity contribution < 1.29 is 14.0 Å². The van der Waals surface area contributed by atoms with Crippen molar-refractivity contribution in [1.82, 2.24) is 15.6 Å². The number of halogens is 2. The molecule has 1 aliphatic heterocycles. The number of hydrogen-bond donors (Lipinski definition) is 3. The molecule has 0 saturated carbocycles. The third-order valence-corrected chi connectivity index (χ3v) is 5.06. The molecule has 3 N–H and O–H groups in total. The SMILES string of the molecule is Cc1occc1C(=O)Nc1nc(CC(=O)NCCC2CCNC2)cs1.Cl.Cl. The van der Waals surface area contributed by atoms with Gasteiger partial charge in [0.05, 0.1) is 23.9 Å². The molecule has 0 aliphatic carbocycles. The number of nitrogens with zero attached hydrogens (tertiary/aromatic N) is 1. The molecular weight excluding hydrogens is 411 g/mol. The summed E-state index contributed by atoms with van der Waals surface area (Å²) >= 11 is 1.31. The first kappa shape index (κ1) is 23.4. The van der Waals surface area contributed by atoms with Gasteiger partial charge in [-0.15, -0.1) is 36.2 Å². The third-order valence-electron chi connectivity index (χ3n) is 4.25. The Hall–Kier alpha value is -1.61. The summed E-state index contributed by atoms with van der Waals surface area (Å²) in [4.78, 5) is 28.4. The Morgan fingerprint density at radius 2 is 2.22 bits per heavy atom. The Bertz CT molecular complexity index is 744. The standard InChI is InChI=1S/C17H22N4O3S.2ClH/c1-11-14(4-7-24-11)16(23)21-17-20-13(10-25-17)8-15(22)19-6-3-12-2-5-18-9-12;;/h4,7,10,12,18H,2-3,5-6,8-9H2,1H3,(H,19,22)(H,20,21,23);2*1H. The van der Waals surface area contributed by atoms with Crippen LogP contribution in [0.4, 0.5) is 5.13 Å². The van der Waals surface area contributed by atoms with Crippen LogP contribution in [0.1, 0.15) is 34.7 Å². The van der Waals surface area contributed by atoms with Crippen LogP contribution < -0.4 is 16.0 Å². The molecule has 1 fully saturated rings. The highest BCUT2D eigenvalue weighted by atomic mass is 35.5. The fraction of sp³-hybridized carbons (Fsp3) is 0.471. The van der Waals surface area contributed by atoms with Gasteiger partial charge >= 0.3 is 0 Å². The molecule has 2 aromatic heterocycles. The number of thiazole rings is 1. The minimum Gasteiger partial charge on any atom is -0.469 e. The first-order valence-corrected chi connectivity index (χ1v) is 9.27. The molecular formula is C17H24Cl2N4O3S. The molecule has 1 atom stereocenters. The van der Waals surface area contributed by atoms with E-state index in [2.05, 4.69) is 20.9 Å². The molecule has 2 amide bonds. The lowest BCUT2D eigenvalue weighted by Crippen LogP contribution is -2.27. The molecule has 3 rings (SSSR count). The van der Waals surface area contributed by atoms with Crippen LogP contribution in [-0.2, 0) is 11.2 Å². The summed E-state index contributed by atoms with van der Waals surface area (Å²) in [5.74, 6) is 0.917. The maximum absolute atomic E-state index is 12.1. The molecule has 27 heavy (non-hydrogen) atoms. The number of carbonyl (C=O) groups excluding carboxylic acids is 2. The summed E-state index contributed by atoms with van der Waals surface area (Å²) in [5, 5.41) is 11.3. The Morgan fingerprint density at radius 1 is 1.41 bits per heavy atom. The van der Waals surface area contributed by atoms with Crippen LogP contribution in [0.3, 0.4) is 0 Å². The van der Waals surface area contributed by atoms with Crippen molar-refractivity contribution in [3.8, 4) is 0 Å². The molecule has 1 saturated heterocycles. The van der Waals surface area contributed by atoms with Crippen LogP contribution in [0.25, 0.3) is 0 Å². The van der Waals surface area contributed by atoms with Gasteiger partial charge < -0.3 is 15.1 Å². The fourth-order valence-electron chi connectivity index (χ4n) is 2.83. The van der Waals surface area contributed by atoms with E-state index in [9.17, 15) is 9.59 Å². The highest BCUT2D eigenvalue weighted by Gasteiger charge is 2.16. The highest BCUT2D eigenvalue weighted by Crippen LogP contribution is 2.18. The smallest absolute Gasteiger partial charge is 0.260 e. The predicted octanol–water partition coefficient (Wildman–Crippen LogP) is 2.80. The molecule has 0 aromatic carbocycles. The maximum Gasteiger partial charge on any atom is 0.260 e. The Morgan fingerprint density at radius 3 is 2.89 bits per heavy atom. The van der Waals surface area contributed by atoms with Gasteiger partial charge in [-0.25, -0.2) is 4.98 Å². The number of aromatic nitrogens is 1. The summed E-state index contributed by atoms with van der Waals surface area (Å²) in [7, 11) is 0. The quantitative estimate of drug-likeness (QED) is 0.622. The van der Waals surface area contributed by atoms with Gasteiger partial charge in [0.25, 0.3) is 5.91 Å². The fourth-order valence-corrected chi connectivity index (χ4v) is 3.54. The van der Waals surface area contributed by atoms with Gasteiger partial charge in [-0.2, -0.15) is 0 Å². The number of carbonyl (C=O) groups is 2. The number of rotatable bonds is 7. The first-order chi connectivity index (χ1) is 12.1. The second kappa shape index (κ2) is 11.3. The van der Waals surface area contributed by atoms with Crippen molar-refractivity contribution >= 4 is 53.1 Å². The van der Waals surface area contributed by atoms with Crippen molar-refractivity contribution in [2.24, 2.45) is 5.92 Å². The van der Waals surface area contributed by atoms with E-state index in [0.29, 0.717) is 34.6 Å². The highest BCUT2D eigenvalue weighted by molar-refractivity contribution is 7.14. The molecule has 150 valence electrons. The monoisotopic (exact) mass is 434 g/mol. The Balaban J connectivity index is 0.00000182. The summed E-state index contributed by atoms with van der Waals surface area (Å²) < 4.78 is 5.12. The maximum atomic E-state index is 12.1. The average molecular weight is 435 g/mol. The van der Waals surface area contributed by atoms with Crippen LogP contribution >= 0.6 is 36.2 Å². The normalized spacial score (nSPS) is 15.5. The zero-order valence-corrected chi connectivity index (χ0v) is 17.4. The number of amides is 2. The molecule has 1 aliphatic rings. The van der Waals surface area contributed by atoms with E-state index in [4.69, 9.17) is 4.42 Å². The average Bonchev–Trinajstić information content (AvgIpc) is 3.30. The molecule has 7 nitrogen and oxygen atoms in total. The van der Waals surface area contributed by atoms with Gasteiger partial charge in [0.15, 0.2) is 5.13 Å². The zero-order valence-electron chi connectivity index (χ0n) is 14.9. The van der Waals surface area contributed by atoms with Crippen molar-refractivity contribution in [3.05, 3.63) is 34.7 Å². The minimum atomic E-state index is -0.262. The van der Waals surface area contributed by atoms with Crippen LogP contribution in [0.2, 0.25) is 0 Å². The second-order valence-corrected chi connectivity index (χ2v) is 7.02. The molecule has 3 heterocycles. The largest absolute Gasteiger partial charge is 0.469 e. The van der Waals surface area contributed by atoms with Crippen molar-refractivity contribution in [3.63, 3.8) is 0 Å². The molecule has 0 spiro atoms. The molecule has 2 aromatic rings. The van der Waals surface area contributed by atoms with E-state index in [1.165, 1.54) is 24.0 Å². The van der Waals surface area contributed by atoms with Gasteiger partial charge in [-0.1, -0.05) is 0 Å². The van der Waals surface area contributed by atoms with Gasteiger partial charge in [0.1, 0.15) is 5.76 Å². The Labute approximate surface area is 174 Å². The van der Waals surface area contributed by atoms with Crippen LogP contribution in [0.5, 0.6) is 0 Å². The second-order valence-electron chi connectivity index (χ2n) is 6.16. The van der Waals surface area contributed by atoms with Crippen molar-refractivity contribution in [1.29, 1.82) is 0 Å². The summed E-state index contributed by atoms with van der Waals surface area (Å²) in [6, 6.07) is 1.62.